The standard InChI is InChI=1S/C22H35N3O2/c1-5-24-16-10-14-19(24)18-13-9-15-23-20(18)25(17-11-7-6-8-12-17)21(26)27-22(2,3)4/h9,13,15,17,19H,5-8,10-12,14,16H2,1-4H3/t19-/m1/s1. The van der Waals surface area contributed by atoms with E-state index in [-0.39, 0.29) is 12.1 Å². The second-order valence-corrected chi connectivity index (χ2v) is 8.85. The summed E-state index contributed by atoms with van der Waals surface area (Å²) in [6.07, 6.45) is 9.50. The normalized spacial score (nSPS) is 22.0. The molecule has 0 radical (unpaired) electrons. The van der Waals surface area contributed by atoms with Crippen molar-refractivity contribution < 1.29 is 9.53 Å². The molecule has 5 nitrogen and oxygen atoms in total. The third-order valence-electron chi connectivity index (χ3n) is 5.70. The van der Waals surface area contributed by atoms with E-state index < -0.39 is 5.60 Å². The van der Waals surface area contributed by atoms with E-state index in [1.807, 2.05) is 37.9 Å². The van der Waals surface area contributed by atoms with Gasteiger partial charge in [-0.05, 0) is 65.6 Å². The van der Waals surface area contributed by atoms with Crippen molar-refractivity contribution in [3.63, 3.8) is 0 Å². The maximum Gasteiger partial charge on any atom is 0.416 e. The Labute approximate surface area is 164 Å². The van der Waals surface area contributed by atoms with Gasteiger partial charge in [0.05, 0.1) is 0 Å². The van der Waals surface area contributed by atoms with Gasteiger partial charge in [0.2, 0.25) is 0 Å². The first-order valence-corrected chi connectivity index (χ1v) is 10.6. The highest BCUT2D eigenvalue weighted by molar-refractivity contribution is 5.88. The summed E-state index contributed by atoms with van der Waals surface area (Å²) in [6.45, 7) is 10.1. The van der Waals surface area contributed by atoms with E-state index in [0.29, 0.717) is 6.04 Å². The van der Waals surface area contributed by atoms with Crippen LogP contribution in [-0.2, 0) is 4.74 Å². The van der Waals surface area contributed by atoms with Crippen molar-refractivity contribution in [2.24, 2.45) is 0 Å². The van der Waals surface area contributed by atoms with E-state index in [2.05, 4.69) is 17.9 Å². The van der Waals surface area contributed by atoms with Crippen LogP contribution in [0.4, 0.5) is 10.6 Å². The van der Waals surface area contributed by atoms with E-state index >= 15 is 0 Å². The minimum absolute atomic E-state index is 0.179. The van der Waals surface area contributed by atoms with Crippen LogP contribution >= 0.6 is 0 Å². The van der Waals surface area contributed by atoms with Crippen molar-refractivity contribution in [3.8, 4) is 0 Å². The number of hydrogen-bond donors (Lipinski definition) is 0. The molecule has 27 heavy (non-hydrogen) atoms. The summed E-state index contributed by atoms with van der Waals surface area (Å²) in [5.41, 5.74) is 0.662. The van der Waals surface area contributed by atoms with Crippen LogP contribution in [0.15, 0.2) is 18.3 Å². The number of likely N-dealkylation sites (tertiary alicyclic amines) is 1. The van der Waals surface area contributed by atoms with Crippen molar-refractivity contribution >= 4 is 11.9 Å². The molecule has 0 aromatic carbocycles. The van der Waals surface area contributed by atoms with Crippen molar-refractivity contribution in [2.75, 3.05) is 18.0 Å². The lowest BCUT2D eigenvalue weighted by molar-refractivity contribution is 0.0555. The first-order valence-electron chi connectivity index (χ1n) is 10.6. The summed E-state index contributed by atoms with van der Waals surface area (Å²) < 4.78 is 5.81. The highest BCUT2D eigenvalue weighted by Gasteiger charge is 2.36. The van der Waals surface area contributed by atoms with Gasteiger partial charge >= 0.3 is 6.09 Å². The number of anilines is 1. The zero-order valence-electron chi connectivity index (χ0n) is 17.4. The van der Waals surface area contributed by atoms with Crippen molar-refractivity contribution in [1.29, 1.82) is 0 Å². The van der Waals surface area contributed by atoms with Gasteiger partial charge in [0.15, 0.2) is 0 Å². The summed E-state index contributed by atoms with van der Waals surface area (Å²) in [7, 11) is 0. The average Bonchev–Trinajstić information content (AvgIpc) is 3.10. The first-order chi connectivity index (χ1) is 12.9. The zero-order chi connectivity index (χ0) is 19.4. The zero-order valence-corrected chi connectivity index (χ0v) is 17.4. The van der Waals surface area contributed by atoms with Crippen molar-refractivity contribution in [2.45, 2.75) is 90.3 Å². The number of rotatable bonds is 4. The minimum Gasteiger partial charge on any atom is -0.443 e. The quantitative estimate of drug-likeness (QED) is 0.717. The molecule has 150 valence electrons. The average molecular weight is 374 g/mol. The highest BCUT2D eigenvalue weighted by Crippen LogP contribution is 2.38. The second kappa shape index (κ2) is 8.59. The maximum absolute atomic E-state index is 13.2. The molecule has 2 aliphatic rings. The molecule has 2 heterocycles. The third kappa shape index (κ3) is 4.81. The van der Waals surface area contributed by atoms with Gasteiger partial charge in [-0.1, -0.05) is 32.3 Å². The molecule has 1 amide bonds. The van der Waals surface area contributed by atoms with Gasteiger partial charge < -0.3 is 4.74 Å². The molecule has 1 aromatic heterocycles. The molecule has 1 aliphatic carbocycles. The molecule has 0 N–H and O–H groups in total. The highest BCUT2D eigenvalue weighted by atomic mass is 16.6. The smallest absolute Gasteiger partial charge is 0.416 e. The Morgan fingerprint density at radius 1 is 1.22 bits per heavy atom. The van der Waals surface area contributed by atoms with Crippen LogP contribution in [0.3, 0.4) is 0 Å². The van der Waals surface area contributed by atoms with Crippen LogP contribution in [0.5, 0.6) is 0 Å². The van der Waals surface area contributed by atoms with Gasteiger partial charge in [0.25, 0.3) is 0 Å². The number of ether oxygens (including phenoxy) is 1. The minimum atomic E-state index is -0.512. The molecular weight excluding hydrogens is 338 g/mol. The predicted molar refractivity (Wildman–Crippen MR) is 109 cm³/mol. The summed E-state index contributed by atoms with van der Waals surface area (Å²) >= 11 is 0. The Morgan fingerprint density at radius 3 is 2.63 bits per heavy atom. The predicted octanol–water partition coefficient (Wildman–Crippen LogP) is 5.31. The van der Waals surface area contributed by atoms with Crippen LogP contribution in [0.2, 0.25) is 0 Å². The van der Waals surface area contributed by atoms with E-state index in [9.17, 15) is 4.79 Å². The lowest BCUT2D eigenvalue weighted by Gasteiger charge is -2.37. The lowest BCUT2D eigenvalue weighted by atomic mass is 9.93. The molecule has 0 bridgehead atoms. The number of pyridine rings is 1. The van der Waals surface area contributed by atoms with E-state index in [0.717, 1.165) is 51.0 Å². The summed E-state index contributed by atoms with van der Waals surface area (Å²) in [5, 5.41) is 0. The fourth-order valence-electron chi connectivity index (χ4n) is 4.49. The maximum atomic E-state index is 13.2. The molecule has 2 fully saturated rings. The Morgan fingerprint density at radius 2 is 1.96 bits per heavy atom. The van der Waals surface area contributed by atoms with Crippen molar-refractivity contribution in [3.05, 3.63) is 23.9 Å². The van der Waals surface area contributed by atoms with Gasteiger partial charge in [-0.3, -0.25) is 9.80 Å². The van der Waals surface area contributed by atoms with E-state index in [1.165, 1.54) is 18.4 Å². The van der Waals surface area contributed by atoms with Crippen LogP contribution in [-0.4, -0.2) is 40.7 Å². The van der Waals surface area contributed by atoms with Crippen LogP contribution in [0, 0.1) is 0 Å². The topological polar surface area (TPSA) is 45.7 Å². The fourth-order valence-corrected chi connectivity index (χ4v) is 4.49. The fraction of sp³-hybridized carbons (Fsp3) is 0.727. The Bertz CT molecular complexity index is 635. The molecule has 1 atom stereocenters. The molecule has 1 aromatic rings. The van der Waals surface area contributed by atoms with Gasteiger partial charge in [0, 0.05) is 23.8 Å². The Balaban J connectivity index is 1.98. The number of amides is 1. The Kier molecular flexibility index (Phi) is 6.40. The van der Waals surface area contributed by atoms with Crippen LogP contribution in [0.1, 0.15) is 84.2 Å². The second-order valence-electron chi connectivity index (χ2n) is 8.85. The van der Waals surface area contributed by atoms with Gasteiger partial charge in [-0.2, -0.15) is 0 Å². The lowest BCUT2D eigenvalue weighted by Crippen LogP contribution is -2.45. The SMILES string of the molecule is CCN1CCC[C@@H]1c1cccnc1N(C(=O)OC(C)(C)C)C1CCCCC1. The number of carbonyl (C=O) groups is 1. The molecule has 3 rings (SSSR count). The van der Waals surface area contributed by atoms with Crippen LogP contribution < -0.4 is 4.90 Å². The number of nitrogens with zero attached hydrogens (tertiary/aromatic N) is 3. The molecule has 5 heteroatoms. The summed E-state index contributed by atoms with van der Waals surface area (Å²) in [5.74, 6) is 0.809. The molecule has 0 spiro atoms. The number of carbonyl (C=O) groups excluding carboxylic acids is 1. The van der Waals surface area contributed by atoms with Gasteiger partial charge in [-0.25, -0.2) is 9.78 Å². The van der Waals surface area contributed by atoms with E-state index in [4.69, 9.17) is 9.72 Å². The van der Waals surface area contributed by atoms with Gasteiger partial charge in [0.1, 0.15) is 11.4 Å². The largest absolute Gasteiger partial charge is 0.443 e. The first kappa shape index (κ1) is 20.1. The molecule has 1 aliphatic heterocycles. The van der Waals surface area contributed by atoms with Gasteiger partial charge in [-0.15, -0.1) is 0 Å². The molecular formula is C22H35N3O2. The molecule has 1 saturated carbocycles. The van der Waals surface area contributed by atoms with E-state index in [1.54, 1.807) is 0 Å². The number of hydrogen-bond acceptors (Lipinski definition) is 4. The molecule has 0 unspecified atom stereocenters. The molecule has 1 saturated heterocycles. The van der Waals surface area contributed by atoms with Crippen LogP contribution in [0.25, 0.3) is 0 Å². The third-order valence-corrected chi connectivity index (χ3v) is 5.70. The van der Waals surface area contributed by atoms with Crippen molar-refractivity contribution in [1.82, 2.24) is 9.88 Å². The summed E-state index contributed by atoms with van der Waals surface area (Å²) in [4.78, 5) is 22.3. The number of aromatic nitrogens is 1. The monoisotopic (exact) mass is 373 g/mol. The summed E-state index contributed by atoms with van der Waals surface area (Å²) in [6, 6.07) is 4.67. The Hall–Kier alpha value is -1.62.